The lowest BCUT2D eigenvalue weighted by Crippen LogP contribution is -2.37. The van der Waals surface area contributed by atoms with Crippen LogP contribution in [0.25, 0.3) is 0 Å². The van der Waals surface area contributed by atoms with Gasteiger partial charge in [-0.05, 0) is 19.8 Å². The summed E-state index contributed by atoms with van der Waals surface area (Å²) in [5.74, 6) is -1.42. The maximum absolute atomic E-state index is 11.5. The van der Waals surface area contributed by atoms with E-state index >= 15 is 0 Å². The van der Waals surface area contributed by atoms with Gasteiger partial charge in [0.15, 0.2) is 5.69 Å². The Hall–Kier alpha value is -2.05. The predicted molar refractivity (Wildman–Crippen MR) is 69.5 cm³/mol. The zero-order chi connectivity index (χ0) is 14.6. The Bertz CT molecular complexity index is 491. The normalized spacial score (nSPS) is 16.9. The number of carbonyl (C=O) groups excluding carboxylic acids is 1. The first kappa shape index (κ1) is 14.4. The minimum absolute atomic E-state index is 0.00409. The number of ether oxygens (including phenoxy) is 1. The number of hydrogen-bond acceptors (Lipinski definition) is 6. The molecule has 1 aromatic heterocycles. The molecule has 0 unspecified atom stereocenters. The summed E-state index contributed by atoms with van der Waals surface area (Å²) >= 11 is 0. The second-order valence-corrected chi connectivity index (χ2v) is 4.94. The van der Waals surface area contributed by atoms with Crippen LogP contribution >= 0.6 is 0 Å². The molecular formula is C13H18N2O5. The van der Waals surface area contributed by atoms with E-state index in [1.54, 1.807) is 6.92 Å². The van der Waals surface area contributed by atoms with E-state index < -0.39 is 17.5 Å². The molecule has 0 aliphatic heterocycles. The van der Waals surface area contributed by atoms with Gasteiger partial charge in [-0.1, -0.05) is 12.8 Å². The van der Waals surface area contributed by atoms with Gasteiger partial charge in [0.05, 0.1) is 18.6 Å². The van der Waals surface area contributed by atoms with E-state index in [0.717, 1.165) is 25.7 Å². The summed E-state index contributed by atoms with van der Waals surface area (Å²) in [6.07, 6.45) is 4.64. The molecule has 2 rings (SSSR count). The summed E-state index contributed by atoms with van der Waals surface area (Å²) in [6.45, 7) is 1.97. The third kappa shape index (κ3) is 3.28. The van der Waals surface area contributed by atoms with Crippen molar-refractivity contribution in [2.24, 2.45) is 0 Å². The van der Waals surface area contributed by atoms with Crippen LogP contribution in [0.3, 0.4) is 0 Å². The Morgan fingerprint density at radius 2 is 2.20 bits per heavy atom. The summed E-state index contributed by atoms with van der Waals surface area (Å²) in [6, 6.07) is 0.163. The van der Waals surface area contributed by atoms with E-state index in [1.165, 1.54) is 6.26 Å². The first-order chi connectivity index (χ1) is 9.54. The molecular weight excluding hydrogens is 264 g/mol. The van der Waals surface area contributed by atoms with Crippen LogP contribution in [0.15, 0.2) is 10.7 Å². The van der Waals surface area contributed by atoms with Crippen molar-refractivity contribution in [3.8, 4) is 0 Å². The first-order valence-electron chi connectivity index (χ1n) is 6.67. The highest BCUT2D eigenvalue weighted by molar-refractivity contribution is 5.87. The Balaban J connectivity index is 2.08. The number of anilines is 1. The van der Waals surface area contributed by atoms with E-state index in [-0.39, 0.29) is 24.7 Å². The van der Waals surface area contributed by atoms with Crippen LogP contribution in [0.2, 0.25) is 0 Å². The molecule has 7 heteroatoms. The average molecular weight is 282 g/mol. The molecule has 20 heavy (non-hydrogen) atoms. The molecule has 1 aliphatic carbocycles. The van der Waals surface area contributed by atoms with Gasteiger partial charge in [-0.3, -0.25) is 4.79 Å². The quantitative estimate of drug-likeness (QED) is 0.770. The maximum atomic E-state index is 11.5. The highest BCUT2D eigenvalue weighted by Gasteiger charge is 2.37. The summed E-state index contributed by atoms with van der Waals surface area (Å²) in [4.78, 5) is 26.5. The number of carboxylic acids is 1. The predicted octanol–water partition coefficient (Wildman–Crippen LogP) is 2.05. The molecule has 1 heterocycles. The molecule has 1 saturated carbocycles. The van der Waals surface area contributed by atoms with Gasteiger partial charge in [0.25, 0.3) is 6.01 Å². The average Bonchev–Trinajstić information content (AvgIpc) is 2.99. The monoisotopic (exact) mass is 282 g/mol. The lowest BCUT2D eigenvalue weighted by atomic mass is 9.93. The largest absolute Gasteiger partial charge is 0.481 e. The standard InChI is InChI=1S/C13H18N2O5/c1-2-19-11(18)9-8-20-12(14-9)15-13(7-10(16)17)5-3-4-6-13/h8H,2-7H2,1H3,(H,14,15)(H,16,17). The number of nitrogens with zero attached hydrogens (tertiary/aromatic N) is 1. The lowest BCUT2D eigenvalue weighted by molar-refractivity contribution is -0.138. The highest BCUT2D eigenvalue weighted by Crippen LogP contribution is 2.35. The van der Waals surface area contributed by atoms with Gasteiger partial charge in [-0.15, -0.1) is 0 Å². The molecule has 7 nitrogen and oxygen atoms in total. The minimum Gasteiger partial charge on any atom is -0.481 e. The van der Waals surface area contributed by atoms with Gasteiger partial charge in [0.1, 0.15) is 6.26 Å². The molecule has 0 atom stereocenters. The van der Waals surface area contributed by atoms with Crippen molar-refractivity contribution >= 4 is 18.0 Å². The van der Waals surface area contributed by atoms with Gasteiger partial charge in [0.2, 0.25) is 0 Å². The van der Waals surface area contributed by atoms with Crippen molar-refractivity contribution in [1.82, 2.24) is 4.98 Å². The van der Waals surface area contributed by atoms with Crippen molar-refractivity contribution < 1.29 is 23.8 Å². The summed E-state index contributed by atoms with van der Waals surface area (Å²) in [5.41, 5.74) is -0.458. The topological polar surface area (TPSA) is 102 Å². The molecule has 1 aliphatic rings. The van der Waals surface area contributed by atoms with Gasteiger partial charge in [-0.2, -0.15) is 4.98 Å². The summed E-state index contributed by atoms with van der Waals surface area (Å²) in [7, 11) is 0. The van der Waals surface area contributed by atoms with E-state index in [4.69, 9.17) is 14.3 Å². The van der Waals surface area contributed by atoms with Crippen molar-refractivity contribution in [3.63, 3.8) is 0 Å². The fourth-order valence-electron chi connectivity index (χ4n) is 2.54. The number of rotatable bonds is 6. The number of carboxylic acid groups (broad SMARTS) is 1. The van der Waals surface area contributed by atoms with Crippen LogP contribution in [-0.4, -0.2) is 34.2 Å². The van der Waals surface area contributed by atoms with E-state index in [9.17, 15) is 9.59 Å². The molecule has 0 bridgehead atoms. The number of oxazole rings is 1. The zero-order valence-electron chi connectivity index (χ0n) is 11.3. The lowest BCUT2D eigenvalue weighted by Gasteiger charge is -2.27. The molecule has 2 N–H and O–H groups in total. The number of nitrogens with one attached hydrogen (secondary N) is 1. The van der Waals surface area contributed by atoms with Crippen molar-refractivity contribution in [3.05, 3.63) is 12.0 Å². The number of aromatic nitrogens is 1. The molecule has 0 aromatic carbocycles. The van der Waals surface area contributed by atoms with Crippen LogP contribution in [-0.2, 0) is 9.53 Å². The number of esters is 1. The van der Waals surface area contributed by atoms with Gasteiger partial charge in [-0.25, -0.2) is 4.79 Å². The Labute approximate surface area is 116 Å². The van der Waals surface area contributed by atoms with E-state index in [2.05, 4.69) is 10.3 Å². The molecule has 1 aromatic rings. The molecule has 0 saturated heterocycles. The van der Waals surface area contributed by atoms with Crippen LogP contribution in [0, 0.1) is 0 Å². The van der Waals surface area contributed by atoms with E-state index in [0.29, 0.717) is 0 Å². The van der Waals surface area contributed by atoms with Gasteiger partial charge in [0, 0.05) is 0 Å². The van der Waals surface area contributed by atoms with Crippen molar-refractivity contribution in [2.75, 3.05) is 11.9 Å². The molecule has 110 valence electrons. The number of carbonyl (C=O) groups is 2. The zero-order valence-corrected chi connectivity index (χ0v) is 11.3. The Morgan fingerprint density at radius 1 is 1.50 bits per heavy atom. The molecule has 0 amide bonds. The molecule has 0 radical (unpaired) electrons. The fraction of sp³-hybridized carbons (Fsp3) is 0.615. The Morgan fingerprint density at radius 3 is 2.80 bits per heavy atom. The molecule has 0 spiro atoms. The summed E-state index contributed by atoms with van der Waals surface area (Å²) in [5, 5.41) is 12.1. The number of aliphatic carboxylic acids is 1. The minimum atomic E-state index is -0.864. The molecule has 1 fully saturated rings. The van der Waals surface area contributed by atoms with Crippen molar-refractivity contribution in [1.29, 1.82) is 0 Å². The first-order valence-corrected chi connectivity index (χ1v) is 6.67. The maximum Gasteiger partial charge on any atom is 0.360 e. The van der Waals surface area contributed by atoms with Crippen LogP contribution < -0.4 is 5.32 Å². The van der Waals surface area contributed by atoms with Crippen LogP contribution in [0.1, 0.15) is 49.5 Å². The Kier molecular flexibility index (Phi) is 4.26. The fourth-order valence-corrected chi connectivity index (χ4v) is 2.54. The van der Waals surface area contributed by atoms with Gasteiger partial charge >= 0.3 is 11.9 Å². The van der Waals surface area contributed by atoms with E-state index in [1.807, 2.05) is 0 Å². The highest BCUT2D eigenvalue weighted by atomic mass is 16.5. The van der Waals surface area contributed by atoms with Crippen LogP contribution in [0.4, 0.5) is 6.01 Å². The van der Waals surface area contributed by atoms with Gasteiger partial charge < -0.3 is 19.6 Å². The smallest absolute Gasteiger partial charge is 0.360 e. The second-order valence-electron chi connectivity index (χ2n) is 4.94. The number of hydrogen-bond donors (Lipinski definition) is 2. The third-order valence-electron chi connectivity index (χ3n) is 3.41. The van der Waals surface area contributed by atoms with Crippen LogP contribution in [0.5, 0.6) is 0 Å². The second kappa shape index (κ2) is 5.94. The summed E-state index contributed by atoms with van der Waals surface area (Å²) < 4.78 is 10.0. The van der Waals surface area contributed by atoms with Crippen molar-refractivity contribution in [2.45, 2.75) is 44.6 Å². The SMILES string of the molecule is CCOC(=O)c1coc(NC2(CC(=O)O)CCCC2)n1. The third-order valence-corrected chi connectivity index (χ3v) is 3.41.